The minimum Gasteiger partial charge on any atom is -0.326 e. The summed E-state index contributed by atoms with van der Waals surface area (Å²) in [5.41, 5.74) is 1.51. The van der Waals surface area contributed by atoms with Crippen LogP contribution in [0.25, 0.3) is 0 Å². The van der Waals surface area contributed by atoms with Gasteiger partial charge in [-0.25, -0.2) is 0 Å². The van der Waals surface area contributed by atoms with Crippen LogP contribution in [-0.4, -0.2) is 5.91 Å². The van der Waals surface area contributed by atoms with Gasteiger partial charge in [0.25, 0.3) is 0 Å². The van der Waals surface area contributed by atoms with Gasteiger partial charge in [-0.15, -0.1) is 0 Å². The molecule has 1 amide bonds. The number of carbonyl (C=O) groups excluding carboxylic acids is 1. The number of hydrogen-bond donors (Lipinski definition) is 1. The van der Waals surface area contributed by atoms with Gasteiger partial charge in [-0.1, -0.05) is 23.2 Å². The van der Waals surface area contributed by atoms with Gasteiger partial charge >= 0.3 is 0 Å². The molecule has 0 fully saturated rings. The first kappa shape index (κ1) is 10.4. The SMILES string of the molecule is CC(=O)Nc1cc(C)c(Cl)c(Cl)c1. The standard InChI is InChI=1S/C9H9Cl2NO/c1-5-3-7(12-6(2)13)4-8(10)9(5)11/h3-4H,1-2H3,(H,12,13). The van der Waals surface area contributed by atoms with Crippen molar-refractivity contribution in [3.63, 3.8) is 0 Å². The van der Waals surface area contributed by atoms with E-state index in [4.69, 9.17) is 23.2 Å². The molecule has 0 atom stereocenters. The molecule has 0 spiro atoms. The quantitative estimate of drug-likeness (QED) is 0.769. The lowest BCUT2D eigenvalue weighted by Gasteiger charge is -2.06. The Hall–Kier alpha value is -0.730. The van der Waals surface area contributed by atoms with E-state index in [2.05, 4.69) is 5.32 Å². The number of rotatable bonds is 1. The van der Waals surface area contributed by atoms with E-state index in [1.165, 1.54) is 6.92 Å². The highest BCUT2D eigenvalue weighted by Gasteiger charge is 2.04. The number of benzene rings is 1. The topological polar surface area (TPSA) is 29.1 Å². The first-order valence-corrected chi connectivity index (χ1v) is 4.49. The molecule has 0 aliphatic heterocycles. The lowest BCUT2D eigenvalue weighted by molar-refractivity contribution is -0.114. The normalized spacial score (nSPS) is 9.85. The highest BCUT2D eigenvalue weighted by Crippen LogP contribution is 2.28. The smallest absolute Gasteiger partial charge is 0.221 e. The lowest BCUT2D eigenvalue weighted by atomic mass is 10.2. The van der Waals surface area contributed by atoms with Crippen molar-refractivity contribution in [1.29, 1.82) is 0 Å². The molecule has 70 valence electrons. The Morgan fingerprint density at radius 3 is 2.46 bits per heavy atom. The van der Waals surface area contributed by atoms with Crippen LogP contribution in [0, 0.1) is 6.92 Å². The Bertz CT molecular complexity index is 326. The van der Waals surface area contributed by atoms with Crippen LogP contribution in [-0.2, 0) is 4.79 Å². The second kappa shape index (κ2) is 3.99. The van der Waals surface area contributed by atoms with Crippen LogP contribution < -0.4 is 5.32 Å². The fourth-order valence-corrected chi connectivity index (χ4v) is 1.38. The van der Waals surface area contributed by atoms with Gasteiger partial charge in [0.15, 0.2) is 0 Å². The molecule has 0 aliphatic carbocycles. The second-order valence-electron chi connectivity index (χ2n) is 2.77. The zero-order chi connectivity index (χ0) is 10.0. The summed E-state index contributed by atoms with van der Waals surface area (Å²) in [6.07, 6.45) is 0. The second-order valence-corrected chi connectivity index (χ2v) is 3.56. The largest absolute Gasteiger partial charge is 0.326 e. The van der Waals surface area contributed by atoms with Gasteiger partial charge in [0.05, 0.1) is 10.0 Å². The van der Waals surface area contributed by atoms with Crippen molar-refractivity contribution in [3.05, 3.63) is 27.7 Å². The molecule has 1 rings (SSSR count). The maximum atomic E-state index is 10.7. The van der Waals surface area contributed by atoms with Gasteiger partial charge in [0, 0.05) is 12.6 Å². The minimum atomic E-state index is -0.127. The third-order valence-electron chi connectivity index (χ3n) is 1.53. The third-order valence-corrected chi connectivity index (χ3v) is 2.43. The molecule has 0 radical (unpaired) electrons. The van der Waals surface area contributed by atoms with Crippen molar-refractivity contribution >= 4 is 34.8 Å². The van der Waals surface area contributed by atoms with Crippen molar-refractivity contribution in [3.8, 4) is 0 Å². The molecule has 0 saturated carbocycles. The minimum absolute atomic E-state index is 0.127. The number of aryl methyl sites for hydroxylation is 1. The Morgan fingerprint density at radius 2 is 2.00 bits per heavy atom. The summed E-state index contributed by atoms with van der Waals surface area (Å²) < 4.78 is 0. The summed E-state index contributed by atoms with van der Waals surface area (Å²) in [6, 6.07) is 3.40. The Labute approximate surface area is 86.8 Å². The van der Waals surface area contributed by atoms with E-state index in [0.717, 1.165) is 5.56 Å². The van der Waals surface area contributed by atoms with Crippen LogP contribution in [0.2, 0.25) is 10.0 Å². The van der Waals surface area contributed by atoms with Crippen molar-refractivity contribution < 1.29 is 4.79 Å². The molecule has 1 aromatic rings. The third kappa shape index (κ3) is 2.61. The lowest BCUT2D eigenvalue weighted by Crippen LogP contribution is -2.05. The van der Waals surface area contributed by atoms with Crippen LogP contribution in [0.1, 0.15) is 12.5 Å². The van der Waals surface area contributed by atoms with E-state index in [1.807, 2.05) is 6.92 Å². The number of halogens is 2. The molecule has 0 heterocycles. The van der Waals surface area contributed by atoms with Gasteiger partial charge in [-0.05, 0) is 24.6 Å². The van der Waals surface area contributed by atoms with Crippen LogP contribution in [0.3, 0.4) is 0 Å². The Morgan fingerprint density at radius 1 is 1.38 bits per heavy atom. The van der Waals surface area contributed by atoms with Crippen LogP contribution >= 0.6 is 23.2 Å². The zero-order valence-corrected chi connectivity index (χ0v) is 8.83. The van der Waals surface area contributed by atoms with Gasteiger partial charge in [0.2, 0.25) is 5.91 Å². The summed E-state index contributed by atoms with van der Waals surface area (Å²) in [7, 11) is 0. The summed E-state index contributed by atoms with van der Waals surface area (Å²) in [5.74, 6) is -0.127. The highest BCUT2D eigenvalue weighted by atomic mass is 35.5. The molecule has 0 unspecified atom stereocenters. The molecular formula is C9H9Cl2NO. The number of amides is 1. The van der Waals surface area contributed by atoms with E-state index < -0.39 is 0 Å². The fraction of sp³-hybridized carbons (Fsp3) is 0.222. The molecule has 4 heteroatoms. The average Bonchev–Trinajstić information content (AvgIpc) is 1.98. The first-order valence-electron chi connectivity index (χ1n) is 3.74. The zero-order valence-electron chi connectivity index (χ0n) is 7.32. The van der Waals surface area contributed by atoms with Crippen molar-refractivity contribution in [1.82, 2.24) is 0 Å². The van der Waals surface area contributed by atoms with Crippen LogP contribution in [0.4, 0.5) is 5.69 Å². The maximum absolute atomic E-state index is 10.7. The van der Waals surface area contributed by atoms with Crippen LogP contribution in [0.15, 0.2) is 12.1 Å². The monoisotopic (exact) mass is 217 g/mol. The van der Waals surface area contributed by atoms with E-state index in [-0.39, 0.29) is 5.91 Å². The van der Waals surface area contributed by atoms with Crippen LogP contribution in [0.5, 0.6) is 0 Å². The van der Waals surface area contributed by atoms with Gasteiger partial charge in [-0.3, -0.25) is 4.79 Å². The summed E-state index contributed by atoms with van der Waals surface area (Å²) in [4.78, 5) is 10.7. The van der Waals surface area contributed by atoms with Gasteiger partial charge in [0.1, 0.15) is 0 Å². The van der Waals surface area contributed by atoms with E-state index in [1.54, 1.807) is 12.1 Å². The molecule has 13 heavy (non-hydrogen) atoms. The molecule has 1 aromatic carbocycles. The van der Waals surface area contributed by atoms with E-state index in [9.17, 15) is 4.79 Å². The molecule has 0 aliphatic rings. The Balaban J connectivity index is 3.06. The molecular weight excluding hydrogens is 209 g/mol. The molecule has 1 N–H and O–H groups in total. The summed E-state index contributed by atoms with van der Waals surface area (Å²) in [6.45, 7) is 3.28. The number of anilines is 1. The fourth-order valence-electron chi connectivity index (χ4n) is 1.00. The van der Waals surface area contributed by atoms with E-state index in [0.29, 0.717) is 15.7 Å². The average molecular weight is 218 g/mol. The van der Waals surface area contributed by atoms with Crippen molar-refractivity contribution in [2.75, 3.05) is 5.32 Å². The summed E-state index contributed by atoms with van der Waals surface area (Å²) >= 11 is 11.7. The predicted octanol–water partition coefficient (Wildman–Crippen LogP) is 3.26. The van der Waals surface area contributed by atoms with Gasteiger partial charge in [-0.2, -0.15) is 0 Å². The summed E-state index contributed by atoms with van der Waals surface area (Å²) in [5, 5.41) is 3.60. The molecule has 0 bridgehead atoms. The number of carbonyl (C=O) groups is 1. The highest BCUT2D eigenvalue weighted by molar-refractivity contribution is 6.42. The first-order chi connectivity index (χ1) is 6.00. The van der Waals surface area contributed by atoms with Crippen molar-refractivity contribution in [2.45, 2.75) is 13.8 Å². The molecule has 0 aromatic heterocycles. The maximum Gasteiger partial charge on any atom is 0.221 e. The van der Waals surface area contributed by atoms with E-state index >= 15 is 0 Å². The molecule has 0 saturated heterocycles. The number of hydrogen-bond acceptors (Lipinski definition) is 1. The van der Waals surface area contributed by atoms with Crippen molar-refractivity contribution in [2.24, 2.45) is 0 Å². The Kier molecular flexibility index (Phi) is 3.17. The van der Waals surface area contributed by atoms with Gasteiger partial charge < -0.3 is 5.32 Å². The molecule has 2 nitrogen and oxygen atoms in total. The predicted molar refractivity (Wildman–Crippen MR) is 55.5 cm³/mol. The number of nitrogens with one attached hydrogen (secondary N) is 1.